The lowest BCUT2D eigenvalue weighted by atomic mass is 10.2. The van der Waals surface area contributed by atoms with Crippen LogP contribution in [0.15, 0.2) is 30.3 Å². The Kier molecular flexibility index (Phi) is 3.32. The Hall–Kier alpha value is -1.91. The highest BCUT2D eigenvalue weighted by Gasteiger charge is 2.67. The highest BCUT2D eigenvalue weighted by Crippen LogP contribution is 2.49. The molecule has 0 aliphatic heterocycles. The van der Waals surface area contributed by atoms with Crippen molar-refractivity contribution in [2.45, 2.75) is 18.7 Å². The molecule has 0 amide bonds. The Bertz CT molecular complexity index is 459. The number of hydrogen-bond acceptors (Lipinski definition) is 4. The zero-order valence-corrected chi connectivity index (χ0v) is 9.89. The molecule has 0 unspecified atom stereocenters. The summed E-state index contributed by atoms with van der Waals surface area (Å²) in [5, 5.41) is 0. The minimum absolute atomic E-state index is 0.0768. The Morgan fingerprint density at radius 2 is 2.06 bits per heavy atom. The van der Waals surface area contributed by atoms with E-state index in [1.807, 2.05) is 18.2 Å². The second-order valence-electron chi connectivity index (χ2n) is 4.20. The van der Waals surface area contributed by atoms with Gasteiger partial charge in [0, 0.05) is 6.42 Å². The van der Waals surface area contributed by atoms with E-state index < -0.39 is 23.5 Å². The smallest absolute Gasteiger partial charge is 0.344 e. The maximum Gasteiger partial charge on any atom is 0.344 e. The lowest BCUT2D eigenvalue weighted by Gasteiger charge is -2.06. The van der Waals surface area contributed by atoms with Crippen molar-refractivity contribution in [1.82, 2.24) is 0 Å². The molecule has 0 spiro atoms. The van der Waals surface area contributed by atoms with Crippen molar-refractivity contribution in [3.8, 4) is 0 Å². The molecule has 0 saturated heterocycles. The van der Waals surface area contributed by atoms with Crippen molar-refractivity contribution in [3.05, 3.63) is 35.9 Å². The molecule has 2 atom stereocenters. The first-order chi connectivity index (χ1) is 8.58. The second-order valence-corrected chi connectivity index (χ2v) is 4.20. The largest absolute Gasteiger partial charge is 0.467 e. The predicted molar refractivity (Wildman–Crippen MR) is 60.2 cm³/mol. The lowest BCUT2D eigenvalue weighted by molar-refractivity contribution is -0.155. The SMILES string of the molecule is COC(=O)[C@]1(F)C[C@@H]1C(=O)OCc1ccccc1. The van der Waals surface area contributed by atoms with Gasteiger partial charge in [-0.3, -0.25) is 4.79 Å². The number of benzene rings is 1. The van der Waals surface area contributed by atoms with Gasteiger partial charge in [0.15, 0.2) is 0 Å². The van der Waals surface area contributed by atoms with Crippen LogP contribution in [-0.4, -0.2) is 24.7 Å². The van der Waals surface area contributed by atoms with Gasteiger partial charge in [-0.1, -0.05) is 30.3 Å². The van der Waals surface area contributed by atoms with Gasteiger partial charge in [0.25, 0.3) is 0 Å². The molecule has 1 aliphatic rings. The molecule has 0 heterocycles. The van der Waals surface area contributed by atoms with E-state index in [9.17, 15) is 14.0 Å². The van der Waals surface area contributed by atoms with E-state index in [0.29, 0.717) is 0 Å². The van der Waals surface area contributed by atoms with Gasteiger partial charge < -0.3 is 9.47 Å². The molecule has 0 bridgehead atoms. The normalized spacial score (nSPS) is 25.3. The van der Waals surface area contributed by atoms with Crippen molar-refractivity contribution < 1.29 is 23.5 Å². The summed E-state index contributed by atoms with van der Waals surface area (Å²) in [5.74, 6) is -2.75. The topological polar surface area (TPSA) is 52.6 Å². The van der Waals surface area contributed by atoms with Gasteiger partial charge in [0.05, 0.1) is 7.11 Å². The third kappa shape index (κ3) is 2.34. The van der Waals surface area contributed by atoms with Crippen molar-refractivity contribution in [3.63, 3.8) is 0 Å². The third-order valence-electron chi connectivity index (χ3n) is 2.93. The number of alkyl halides is 1. The number of hydrogen-bond donors (Lipinski definition) is 0. The van der Waals surface area contributed by atoms with Crippen molar-refractivity contribution in [2.75, 3.05) is 7.11 Å². The van der Waals surface area contributed by atoms with Crippen LogP contribution in [0.3, 0.4) is 0 Å². The van der Waals surface area contributed by atoms with Crippen LogP contribution in [0, 0.1) is 5.92 Å². The molecular weight excluding hydrogens is 239 g/mol. The van der Waals surface area contributed by atoms with Crippen LogP contribution in [0.5, 0.6) is 0 Å². The van der Waals surface area contributed by atoms with Crippen molar-refractivity contribution in [2.24, 2.45) is 5.92 Å². The Morgan fingerprint density at radius 3 is 2.67 bits per heavy atom. The number of halogens is 1. The van der Waals surface area contributed by atoms with E-state index in [4.69, 9.17) is 4.74 Å². The molecule has 4 nitrogen and oxygen atoms in total. The summed E-state index contributed by atoms with van der Waals surface area (Å²) in [4.78, 5) is 22.6. The molecule has 1 fully saturated rings. The predicted octanol–water partition coefficient (Wildman–Crippen LogP) is 1.63. The fourth-order valence-electron chi connectivity index (χ4n) is 1.73. The molecule has 1 aromatic carbocycles. The standard InChI is InChI=1S/C13H13FO4/c1-17-12(16)13(14)7-10(13)11(15)18-8-9-5-3-2-4-6-9/h2-6,10H,7-8H2,1H3/t10-,13+/m1/s1. The van der Waals surface area contributed by atoms with Gasteiger partial charge in [-0.15, -0.1) is 0 Å². The molecule has 0 N–H and O–H groups in total. The number of rotatable bonds is 4. The van der Waals surface area contributed by atoms with Gasteiger partial charge in [0.1, 0.15) is 12.5 Å². The zero-order chi connectivity index (χ0) is 13.2. The molecule has 2 rings (SSSR count). The summed E-state index contributed by atoms with van der Waals surface area (Å²) in [5.41, 5.74) is -1.38. The van der Waals surface area contributed by atoms with Gasteiger partial charge in [-0.25, -0.2) is 9.18 Å². The molecule has 5 heteroatoms. The Morgan fingerprint density at radius 1 is 1.39 bits per heavy atom. The zero-order valence-electron chi connectivity index (χ0n) is 9.89. The minimum atomic E-state index is -2.19. The molecule has 0 aromatic heterocycles. The van der Waals surface area contributed by atoms with Crippen LogP contribution >= 0.6 is 0 Å². The first-order valence-electron chi connectivity index (χ1n) is 5.56. The van der Waals surface area contributed by atoms with Crippen LogP contribution < -0.4 is 0 Å². The van der Waals surface area contributed by atoms with E-state index in [-0.39, 0.29) is 13.0 Å². The molecule has 1 saturated carbocycles. The van der Waals surface area contributed by atoms with E-state index in [2.05, 4.69) is 4.74 Å². The van der Waals surface area contributed by atoms with Gasteiger partial charge in [0.2, 0.25) is 5.67 Å². The van der Waals surface area contributed by atoms with Crippen LogP contribution in [0.1, 0.15) is 12.0 Å². The van der Waals surface area contributed by atoms with E-state index in [1.165, 1.54) is 0 Å². The molecule has 0 radical (unpaired) electrons. The second kappa shape index (κ2) is 4.76. The van der Waals surface area contributed by atoms with Crippen molar-refractivity contribution >= 4 is 11.9 Å². The van der Waals surface area contributed by atoms with E-state index >= 15 is 0 Å². The first kappa shape index (κ1) is 12.5. The van der Waals surface area contributed by atoms with Gasteiger partial charge in [-0.05, 0) is 5.56 Å². The minimum Gasteiger partial charge on any atom is -0.467 e. The van der Waals surface area contributed by atoms with E-state index in [0.717, 1.165) is 12.7 Å². The third-order valence-corrected chi connectivity index (χ3v) is 2.93. The Labute approximate surface area is 104 Å². The highest BCUT2D eigenvalue weighted by atomic mass is 19.1. The number of carbonyl (C=O) groups excluding carboxylic acids is 2. The van der Waals surface area contributed by atoms with Gasteiger partial charge >= 0.3 is 11.9 Å². The number of methoxy groups -OCH3 is 1. The summed E-state index contributed by atoms with van der Waals surface area (Å²) >= 11 is 0. The highest BCUT2D eigenvalue weighted by molar-refractivity contribution is 5.93. The van der Waals surface area contributed by atoms with Crippen LogP contribution in [-0.2, 0) is 25.7 Å². The summed E-state index contributed by atoms with van der Waals surface area (Å²) in [6.07, 6.45) is -0.159. The average molecular weight is 252 g/mol. The number of esters is 2. The average Bonchev–Trinajstić information content (AvgIpc) is 3.10. The van der Waals surface area contributed by atoms with Crippen molar-refractivity contribution in [1.29, 1.82) is 0 Å². The maximum atomic E-state index is 13.8. The maximum absolute atomic E-state index is 13.8. The summed E-state index contributed by atoms with van der Waals surface area (Å²) in [6, 6.07) is 9.06. The van der Waals surface area contributed by atoms with Crippen LogP contribution in [0.4, 0.5) is 4.39 Å². The summed E-state index contributed by atoms with van der Waals surface area (Å²) in [7, 11) is 1.09. The van der Waals surface area contributed by atoms with E-state index in [1.54, 1.807) is 12.1 Å². The lowest BCUT2D eigenvalue weighted by Crippen LogP contribution is -2.25. The molecule has 96 valence electrons. The summed E-state index contributed by atoms with van der Waals surface area (Å²) in [6.45, 7) is 0.0768. The molecular formula is C13H13FO4. The van der Waals surface area contributed by atoms with Crippen LogP contribution in [0.2, 0.25) is 0 Å². The quantitative estimate of drug-likeness (QED) is 0.764. The fraction of sp³-hybridized carbons (Fsp3) is 0.385. The fourth-order valence-corrected chi connectivity index (χ4v) is 1.73. The number of carbonyl (C=O) groups is 2. The summed E-state index contributed by atoms with van der Waals surface area (Å²) < 4.78 is 23.0. The molecule has 18 heavy (non-hydrogen) atoms. The molecule has 1 aliphatic carbocycles. The molecule has 1 aromatic rings. The first-order valence-corrected chi connectivity index (χ1v) is 5.56. The monoisotopic (exact) mass is 252 g/mol. The Balaban J connectivity index is 1.86. The number of ether oxygens (including phenoxy) is 2. The van der Waals surface area contributed by atoms with Crippen LogP contribution in [0.25, 0.3) is 0 Å². The van der Waals surface area contributed by atoms with Gasteiger partial charge in [-0.2, -0.15) is 0 Å².